The van der Waals surface area contributed by atoms with Crippen LogP contribution in [0.2, 0.25) is 5.02 Å². The normalized spacial score (nSPS) is 12.6. The van der Waals surface area contributed by atoms with Crippen molar-refractivity contribution in [3.8, 4) is 22.6 Å². The summed E-state index contributed by atoms with van der Waals surface area (Å²) in [6, 6.07) is 5.43. The number of carboxylic acids is 1. The maximum atomic E-state index is 14.1. The average molecular weight is 492 g/mol. The Kier molecular flexibility index (Phi) is 8.36. The predicted molar refractivity (Wildman–Crippen MR) is 123 cm³/mol. The van der Waals surface area contributed by atoms with E-state index in [4.69, 9.17) is 31.9 Å². The molecule has 7 nitrogen and oxygen atoms in total. The summed E-state index contributed by atoms with van der Waals surface area (Å²) in [4.78, 5) is 17.5. The summed E-state index contributed by atoms with van der Waals surface area (Å²) in [5.41, 5.74) is 7.74. The van der Waals surface area contributed by atoms with Gasteiger partial charge in [-0.3, -0.25) is 9.97 Å². The van der Waals surface area contributed by atoms with Gasteiger partial charge in [0.05, 0.1) is 23.0 Å². The van der Waals surface area contributed by atoms with Gasteiger partial charge in [-0.2, -0.15) is 0 Å². The molecule has 3 aromatic rings. The minimum Gasteiger partial charge on any atom is -0.492 e. The molecular formula is C24H24ClF2N3O4. The number of benzene rings is 1. The van der Waals surface area contributed by atoms with E-state index in [9.17, 15) is 13.6 Å². The molecule has 0 radical (unpaired) electrons. The number of hydrogen-bond donors (Lipinski definition) is 2. The topological polar surface area (TPSA) is 108 Å². The minimum atomic E-state index is -1.29. The predicted octanol–water partition coefficient (Wildman–Crippen LogP) is 5.10. The number of aromatic nitrogens is 2. The van der Waals surface area contributed by atoms with E-state index in [0.29, 0.717) is 36.2 Å². The van der Waals surface area contributed by atoms with E-state index in [1.807, 2.05) is 12.1 Å². The van der Waals surface area contributed by atoms with Crippen LogP contribution in [0.25, 0.3) is 11.1 Å². The highest BCUT2D eigenvalue weighted by molar-refractivity contribution is 6.33. The maximum absolute atomic E-state index is 14.1. The van der Waals surface area contributed by atoms with Crippen molar-refractivity contribution in [1.82, 2.24) is 9.97 Å². The van der Waals surface area contributed by atoms with Gasteiger partial charge < -0.3 is 20.3 Å². The van der Waals surface area contributed by atoms with E-state index in [1.54, 1.807) is 12.3 Å². The van der Waals surface area contributed by atoms with Crippen LogP contribution in [0.5, 0.6) is 11.5 Å². The Bertz CT molecular complexity index is 1180. The van der Waals surface area contributed by atoms with Crippen molar-refractivity contribution < 1.29 is 28.2 Å². The first-order chi connectivity index (χ1) is 16.2. The summed E-state index contributed by atoms with van der Waals surface area (Å²) in [5.74, 6) is -0.611. The number of aromatic carboxylic acids is 1. The van der Waals surface area contributed by atoms with Gasteiger partial charge in [-0.15, -0.1) is 0 Å². The Hall–Kier alpha value is -3.30. The quantitative estimate of drug-likeness (QED) is 0.493. The Labute approximate surface area is 200 Å². The second kappa shape index (κ2) is 11.2. The SMILES string of the molecule is CC(C)C[C@H](N)COc1ccc2c(c1)OCc1cncc(F)c1-2.O=C(O)c1cncc(F)c1Cl. The van der Waals surface area contributed by atoms with Crippen LogP contribution in [0.3, 0.4) is 0 Å². The smallest absolute Gasteiger partial charge is 0.338 e. The lowest BCUT2D eigenvalue weighted by Crippen LogP contribution is -2.29. The molecule has 180 valence electrons. The number of ether oxygens (including phenoxy) is 2. The minimum absolute atomic E-state index is 0.00352. The molecule has 0 saturated heterocycles. The molecule has 3 N–H and O–H groups in total. The van der Waals surface area contributed by atoms with Gasteiger partial charge in [-0.1, -0.05) is 25.4 Å². The fraction of sp³-hybridized carbons (Fsp3) is 0.292. The largest absolute Gasteiger partial charge is 0.492 e. The number of hydrogen-bond acceptors (Lipinski definition) is 6. The molecule has 1 aliphatic rings. The molecule has 0 bridgehead atoms. The highest BCUT2D eigenvalue weighted by atomic mass is 35.5. The van der Waals surface area contributed by atoms with E-state index in [-0.39, 0.29) is 17.4 Å². The highest BCUT2D eigenvalue weighted by Gasteiger charge is 2.21. The van der Waals surface area contributed by atoms with Crippen molar-refractivity contribution in [2.75, 3.05) is 6.61 Å². The lowest BCUT2D eigenvalue weighted by Gasteiger charge is -2.22. The summed E-state index contributed by atoms with van der Waals surface area (Å²) in [5, 5.41) is 7.99. The highest BCUT2D eigenvalue weighted by Crippen LogP contribution is 2.40. The number of pyridine rings is 2. The van der Waals surface area contributed by atoms with Crippen LogP contribution < -0.4 is 15.2 Å². The van der Waals surface area contributed by atoms with E-state index in [1.165, 1.54) is 6.20 Å². The van der Waals surface area contributed by atoms with Gasteiger partial charge in [0.2, 0.25) is 0 Å². The van der Waals surface area contributed by atoms with Crippen molar-refractivity contribution >= 4 is 17.6 Å². The zero-order valence-electron chi connectivity index (χ0n) is 18.6. The fourth-order valence-electron chi connectivity index (χ4n) is 3.41. The van der Waals surface area contributed by atoms with Crippen LogP contribution in [0.1, 0.15) is 36.2 Å². The average Bonchev–Trinajstić information content (AvgIpc) is 2.79. The number of carboxylic acid groups (broad SMARTS) is 1. The first kappa shape index (κ1) is 25.3. The molecule has 10 heteroatoms. The Balaban J connectivity index is 0.000000248. The third kappa shape index (κ3) is 6.18. The summed E-state index contributed by atoms with van der Waals surface area (Å²) in [6.07, 6.45) is 5.62. The molecule has 0 aliphatic carbocycles. The third-order valence-corrected chi connectivity index (χ3v) is 5.27. The molecular weight excluding hydrogens is 468 g/mol. The maximum Gasteiger partial charge on any atom is 0.338 e. The monoisotopic (exact) mass is 491 g/mol. The molecule has 34 heavy (non-hydrogen) atoms. The van der Waals surface area contributed by atoms with E-state index in [0.717, 1.165) is 29.9 Å². The van der Waals surface area contributed by atoms with E-state index in [2.05, 4.69) is 23.8 Å². The first-order valence-electron chi connectivity index (χ1n) is 10.5. The van der Waals surface area contributed by atoms with Crippen LogP contribution >= 0.6 is 11.6 Å². The number of nitrogens with two attached hydrogens (primary N) is 1. The fourth-order valence-corrected chi connectivity index (χ4v) is 3.58. The van der Waals surface area contributed by atoms with Crippen LogP contribution in [0.4, 0.5) is 8.78 Å². The van der Waals surface area contributed by atoms with Crippen LogP contribution in [0, 0.1) is 17.6 Å². The molecule has 2 aromatic heterocycles. The number of nitrogens with zero attached hydrogens (tertiary/aromatic N) is 2. The van der Waals surface area contributed by atoms with E-state index >= 15 is 0 Å². The lowest BCUT2D eigenvalue weighted by molar-refractivity contribution is 0.0696. The molecule has 1 aliphatic heterocycles. The standard InChI is InChI=1S/C18H21FN2O2.C6H3ClFNO2/c1-11(2)5-13(20)10-22-14-3-4-15-17(6-14)23-9-12-7-21-8-16(19)18(12)15;7-5-3(6(10)11)1-9-2-4(5)8/h3-4,6-8,11,13H,5,9-10,20H2,1-2H3;1-2H,(H,10,11)/t13-;/m0./s1. The van der Waals surface area contributed by atoms with Gasteiger partial charge in [0.25, 0.3) is 0 Å². The van der Waals surface area contributed by atoms with Crippen LogP contribution in [-0.4, -0.2) is 33.7 Å². The Morgan fingerprint density at radius 1 is 1.21 bits per heavy atom. The number of carbonyl (C=O) groups is 1. The van der Waals surface area contributed by atoms with Crippen molar-refractivity contribution in [2.45, 2.75) is 32.9 Å². The van der Waals surface area contributed by atoms with Crippen molar-refractivity contribution in [2.24, 2.45) is 11.7 Å². The van der Waals surface area contributed by atoms with Gasteiger partial charge >= 0.3 is 5.97 Å². The van der Waals surface area contributed by atoms with Gasteiger partial charge in [-0.25, -0.2) is 13.6 Å². The van der Waals surface area contributed by atoms with Crippen molar-refractivity contribution in [3.05, 3.63) is 70.8 Å². The third-order valence-electron chi connectivity index (χ3n) is 4.89. The van der Waals surface area contributed by atoms with E-state index < -0.39 is 16.8 Å². The number of halogens is 3. The van der Waals surface area contributed by atoms with Gasteiger partial charge in [0.1, 0.15) is 30.5 Å². The zero-order valence-corrected chi connectivity index (χ0v) is 19.4. The molecule has 1 aromatic carbocycles. The second-order valence-corrected chi connectivity index (χ2v) is 8.47. The Morgan fingerprint density at radius 2 is 1.91 bits per heavy atom. The molecule has 4 rings (SSSR count). The summed E-state index contributed by atoms with van der Waals surface area (Å²) >= 11 is 5.29. The molecule has 0 saturated carbocycles. The summed E-state index contributed by atoms with van der Waals surface area (Å²) in [7, 11) is 0. The first-order valence-corrected chi connectivity index (χ1v) is 10.9. The number of rotatable bonds is 6. The lowest BCUT2D eigenvalue weighted by atomic mass is 9.98. The molecule has 0 fully saturated rings. The van der Waals surface area contributed by atoms with Crippen LogP contribution in [0.15, 0.2) is 43.0 Å². The van der Waals surface area contributed by atoms with Gasteiger partial charge in [-0.05, 0) is 24.5 Å². The summed E-state index contributed by atoms with van der Waals surface area (Å²) < 4.78 is 38.0. The molecule has 0 spiro atoms. The zero-order chi connectivity index (χ0) is 24.8. The second-order valence-electron chi connectivity index (χ2n) is 8.09. The molecule has 1 atom stereocenters. The van der Waals surface area contributed by atoms with Crippen LogP contribution in [-0.2, 0) is 6.61 Å². The summed E-state index contributed by atoms with van der Waals surface area (Å²) in [6.45, 7) is 5.02. The van der Waals surface area contributed by atoms with Crippen molar-refractivity contribution in [1.29, 1.82) is 0 Å². The van der Waals surface area contributed by atoms with Crippen molar-refractivity contribution in [3.63, 3.8) is 0 Å². The number of fused-ring (bicyclic) bond motifs is 3. The van der Waals surface area contributed by atoms with Gasteiger partial charge in [0, 0.05) is 41.2 Å². The Morgan fingerprint density at radius 3 is 2.59 bits per heavy atom. The molecule has 0 unspecified atom stereocenters. The molecule has 0 amide bonds. The molecule has 3 heterocycles. The van der Waals surface area contributed by atoms with Gasteiger partial charge in [0.15, 0.2) is 5.82 Å².